The number of halogens is 1. The lowest BCUT2D eigenvalue weighted by atomic mass is 10.1. The summed E-state index contributed by atoms with van der Waals surface area (Å²) in [6.45, 7) is 3.61. The highest BCUT2D eigenvalue weighted by Gasteiger charge is 2.23. The molecule has 1 aromatic rings. The van der Waals surface area contributed by atoms with Crippen molar-refractivity contribution in [2.75, 3.05) is 13.7 Å². The van der Waals surface area contributed by atoms with E-state index in [1.165, 1.54) is 7.11 Å². The number of hydrogen-bond acceptors (Lipinski definition) is 4. The Morgan fingerprint density at radius 3 is 2.53 bits per heavy atom. The highest BCUT2D eigenvalue weighted by atomic mass is 79.9. The van der Waals surface area contributed by atoms with Crippen molar-refractivity contribution >= 4 is 27.7 Å². The van der Waals surface area contributed by atoms with Crippen molar-refractivity contribution in [2.24, 2.45) is 0 Å². The highest BCUT2D eigenvalue weighted by molar-refractivity contribution is 9.10. The number of rotatable bonds is 4. The predicted molar refractivity (Wildman–Crippen MR) is 66.4 cm³/mol. The normalized spacial score (nSPS) is 9.88. The number of aryl methyl sites for hydroxylation is 1. The summed E-state index contributed by atoms with van der Waals surface area (Å²) in [4.78, 5) is 23.2. The number of ketones is 1. The van der Waals surface area contributed by atoms with Gasteiger partial charge in [-0.15, -0.1) is 0 Å². The first-order chi connectivity index (χ1) is 8.01. The molecule has 0 saturated carbocycles. The van der Waals surface area contributed by atoms with E-state index in [9.17, 15) is 9.59 Å². The molecule has 4 nitrogen and oxygen atoms in total. The van der Waals surface area contributed by atoms with Crippen LogP contribution in [-0.2, 0) is 9.53 Å². The molecule has 0 unspecified atom stereocenters. The van der Waals surface area contributed by atoms with Gasteiger partial charge in [0.15, 0.2) is 0 Å². The molecule has 92 valence electrons. The summed E-state index contributed by atoms with van der Waals surface area (Å²) < 4.78 is 10.5. The lowest BCUT2D eigenvalue weighted by Crippen LogP contribution is -2.18. The molecule has 0 amide bonds. The summed E-state index contributed by atoms with van der Waals surface area (Å²) >= 11 is 3.27. The van der Waals surface area contributed by atoms with Crippen LogP contribution in [0.2, 0.25) is 0 Å². The van der Waals surface area contributed by atoms with Crippen molar-refractivity contribution in [3.8, 4) is 5.75 Å². The second kappa shape index (κ2) is 5.82. The lowest BCUT2D eigenvalue weighted by Gasteiger charge is -2.10. The minimum absolute atomic E-state index is 0.167. The third kappa shape index (κ3) is 3.06. The van der Waals surface area contributed by atoms with Gasteiger partial charge in [0.2, 0.25) is 0 Å². The van der Waals surface area contributed by atoms with Crippen LogP contribution < -0.4 is 4.74 Å². The number of carbonyl (C=O) groups is 2. The van der Waals surface area contributed by atoms with Gasteiger partial charge in [-0.3, -0.25) is 4.79 Å². The van der Waals surface area contributed by atoms with Gasteiger partial charge in [-0.05, 0) is 31.5 Å². The van der Waals surface area contributed by atoms with E-state index in [1.807, 2.05) is 0 Å². The molecule has 0 spiro atoms. The Morgan fingerprint density at radius 1 is 1.35 bits per heavy atom. The Balaban J connectivity index is 3.20. The van der Waals surface area contributed by atoms with Crippen LogP contribution in [0.15, 0.2) is 16.6 Å². The molecule has 0 fully saturated rings. The monoisotopic (exact) mass is 300 g/mol. The van der Waals surface area contributed by atoms with Crippen LogP contribution in [-0.4, -0.2) is 25.5 Å². The molecule has 0 radical (unpaired) electrons. The standard InChI is InChI=1S/C12H13BrO4/c1-4-17-12(15)10(14)9-6-8(13)5-7(2)11(9)16-3/h5-6H,4H2,1-3H3. The van der Waals surface area contributed by atoms with Gasteiger partial charge in [0.25, 0.3) is 5.78 Å². The quantitative estimate of drug-likeness (QED) is 0.487. The fraction of sp³-hybridized carbons (Fsp3) is 0.333. The molecule has 0 atom stereocenters. The number of benzene rings is 1. The smallest absolute Gasteiger partial charge is 0.379 e. The van der Waals surface area contributed by atoms with E-state index < -0.39 is 11.8 Å². The Kier molecular flexibility index (Phi) is 4.69. The van der Waals surface area contributed by atoms with Crippen LogP contribution in [0.25, 0.3) is 0 Å². The number of methoxy groups -OCH3 is 1. The zero-order chi connectivity index (χ0) is 13.0. The fourth-order valence-corrected chi connectivity index (χ4v) is 2.05. The van der Waals surface area contributed by atoms with Crippen molar-refractivity contribution in [3.63, 3.8) is 0 Å². The molecule has 0 aromatic heterocycles. The molecular formula is C12H13BrO4. The van der Waals surface area contributed by atoms with Crippen molar-refractivity contribution in [3.05, 3.63) is 27.7 Å². The van der Waals surface area contributed by atoms with Gasteiger partial charge in [-0.2, -0.15) is 0 Å². The minimum atomic E-state index is -0.872. The van der Waals surface area contributed by atoms with Crippen LogP contribution >= 0.6 is 15.9 Å². The molecule has 5 heteroatoms. The third-order valence-corrected chi connectivity index (χ3v) is 2.61. The molecule has 0 bridgehead atoms. The first-order valence-electron chi connectivity index (χ1n) is 5.06. The molecule has 1 aromatic carbocycles. The van der Waals surface area contributed by atoms with E-state index in [2.05, 4.69) is 20.7 Å². The van der Waals surface area contributed by atoms with Gasteiger partial charge in [0.1, 0.15) is 5.75 Å². The maximum atomic E-state index is 11.8. The zero-order valence-electron chi connectivity index (χ0n) is 9.87. The summed E-state index contributed by atoms with van der Waals surface area (Å²) in [5.74, 6) is -1.18. The van der Waals surface area contributed by atoms with Crippen LogP contribution in [0, 0.1) is 6.92 Å². The number of Topliss-reactive ketones (excluding diaryl/α,β-unsaturated/α-hetero) is 1. The molecule has 0 N–H and O–H groups in total. The van der Waals surface area contributed by atoms with Crippen LogP contribution in [0.1, 0.15) is 22.8 Å². The van der Waals surface area contributed by atoms with Gasteiger partial charge < -0.3 is 9.47 Å². The van der Waals surface area contributed by atoms with Gasteiger partial charge in [0.05, 0.1) is 19.3 Å². The van der Waals surface area contributed by atoms with Crippen molar-refractivity contribution in [1.82, 2.24) is 0 Å². The van der Waals surface area contributed by atoms with Gasteiger partial charge in [-0.25, -0.2) is 4.79 Å². The molecule has 0 saturated heterocycles. The SMILES string of the molecule is CCOC(=O)C(=O)c1cc(Br)cc(C)c1OC. The second-order valence-corrected chi connectivity index (χ2v) is 4.27. The van der Waals surface area contributed by atoms with Gasteiger partial charge >= 0.3 is 5.97 Å². The zero-order valence-corrected chi connectivity index (χ0v) is 11.5. The van der Waals surface area contributed by atoms with E-state index in [0.29, 0.717) is 10.2 Å². The molecular weight excluding hydrogens is 288 g/mol. The van der Waals surface area contributed by atoms with E-state index in [-0.39, 0.29) is 12.2 Å². The largest absolute Gasteiger partial charge is 0.496 e. The van der Waals surface area contributed by atoms with E-state index in [0.717, 1.165) is 5.56 Å². The lowest BCUT2D eigenvalue weighted by molar-refractivity contribution is -0.137. The van der Waals surface area contributed by atoms with Crippen molar-refractivity contribution < 1.29 is 19.1 Å². The number of carbonyl (C=O) groups excluding carboxylic acids is 2. The van der Waals surface area contributed by atoms with E-state index in [4.69, 9.17) is 4.74 Å². The summed E-state index contributed by atoms with van der Waals surface area (Å²) in [7, 11) is 1.46. The topological polar surface area (TPSA) is 52.6 Å². The summed E-state index contributed by atoms with van der Waals surface area (Å²) in [5.41, 5.74) is 0.979. The Hall–Kier alpha value is -1.36. The van der Waals surface area contributed by atoms with Gasteiger partial charge in [0, 0.05) is 4.47 Å². The molecule has 0 aliphatic heterocycles. The molecule has 17 heavy (non-hydrogen) atoms. The molecule has 0 aliphatic rings. The maximum Gasteiger partial charge on any atom is 0.379 e. The number of ether oxygens (including phenoxy) is 2. The van der Waals surface area contributed by atoms with E-state index in [1.54, 1.807) is 26.0 Å². The van der Waals surface area contributed by atoms with Crippen molar-refractivity contribution in [2.45, 2.75) is 13.8 Å². The Labute approximate surface area is 108 Å². The van der Waals surface area contributed by atoms with Crippen LogP contribution in [0.4, 0.5) is 0 Å². The molecule has 0 heterocycles. The number of esters is 1. The average Bonchev–Trinajstić information content (AvgIpc) is 2.27. The van der Waals surface area contributed by atoms with Crippen LogP contribution in [0.5, 0.6) is 5.75 Å². The fourth-order valence-electron chi connectivity index (χ4n) is 1.48. The first-order valence-corrected chi connectivity index (χ1v) is 5.86. The Morgan fingerprint density at radius 2 is 2.00 bits per heavy atom. The second-order valence-electron chi connectivity index (χ2n) is 3.35. The molecule has 1 rings (SSSR count). The summed E-state index contributed by atoms with van der Waals surface area (Å²) in [6.07, 6.45) is 0. The summed E-state index contributed by atoms with van der Waals surface area (Å²) in [6, 6.07) is 3.35. The first kappa shape index (κ1) is 13.7. The van der Waals surface area contributed by atoms with Crippen LogP contribution in [0.3, 0.4) is 0 Å². The third-order valence-electron chi connectivity index (χ3n) is 2.15. The Bertz CT molecular complexity index is 454. The minimum Gasteiger partial charge on any atom is -0.496 e. The number of hydrogen-bond donors (Lipinski definition) is 0. The predicted octanol–water partition coefficient (Wildman–Crippen LogP) is 2.51. The maximum absolute atomic E-state index is 11.8. The van der Waals surface area contributed by atoms with Crippen molar-refractivity contribution in [1.29, 1.82) is 0 Å². The summed E-state index contributed by atoms with van der Waals surface area (Å²) in [5, 5.41) is 0. The average molecular weight is 301 g/mol. The highest BCUT2D eigenvalue weighted by Crippen LogP contribution is 2.28. The van der Waals surface area contributed by atoms with Gasteiger partial charge in [-0.1, -0.05) is 15.9 Å². The molecule has 0 aliphatic carbocycles. The van der Waals surface area contributed by atoms with E-state index >= 15 is 0 Å².